The maximum Gasteiger partial charge on any atom is 0.407 e. The molecule has 2 N–H and O–H groups in total. The highest BCUT2D eigenvalue weighted by Gasteiger charge is 2.43. The SMILES string of the molecule is CC(C)(C)NC(=O)O[C@H]1C[C@H]2CC(NC(=O)OC(C)(C)C)C[C@H]2C1. The third kappa shape index (κ3) is 5.87. The number of ether oxygens (including phenoxy) is 2. The van der Waals surface area contributed by atoms with Gasteiger partial charge in [0.25, 0.3) is 0 Å². The second kappa shape index (κ2) is 6.81. The average molecular weight is 340 g/mol. The molecular formula is C18H32N2O4. The van der Waals surface area contributed by atoms with Crippen LogP contribution >= 0.6 is 0 Å². The molecule has 2 aliphatic carbocycles. The Kier molecular flexibility index (Phi) is 5.35. The van der Waals surface area contributed by atoms with Crippen LogP contribution in [-0.4, -0.2) is 35.5 Å². The summed E-state index contributed by atoms with van der Waals surface area (Å²) in [6, 6.07) is 0.166. The summed E-state index contributed by atoms with van der Waals surface area (Å²) in [7, 11) is 0. The van der Waals surface area contributed by atoms with E-state index in [1.54, 1.807) is 0 Å². The summed E-state index contributed by atoms with van der Waals surface area (Å²) in [4.78, 5) is 23.7. The van der Waals surface area contributed by atoms with Crippen molar-refractivity contribution in [3.63, 3.8) is 0 Å². The standard InChI is InChI=1S/C18H32N2O4/c1-17(2,3)20-16(22)23-14-9-11-7-13(8-12(11)10-14)19-15(21)24-18(4,5)6/h11-14H,7-10H2,1-6H3,(H,19,21)(H,20,22)/t11-,12+,13?,14+. The van der Waals surface area contributed by atoms with Gasteiger partial charge in [-0.3, -0.25) is 0 Å². The lowest BCUT2D eigenvalue weighted by Gasteiger charge is -2.23. The molecule has 0 radical (unpaired) electrons. The Morgan fingerprint density at radius 2 is 1.42 bits per heavy atom. The van der Waals surface area contributed by atoms with Gasteiger partial charge < -0.3 is 20.1 Å². The molecule has 0 spiro atoms. The van der Waals surface area contributed by atoms with Crippen LogP contribution in [0.2, 0.25) is 0 Å². The largest absolute Gasteiger partial charge is 0.446 e. The summed E-state index contributed by atoms with van der Waals surface area (Å²) in [6.07, 6.45) is 2.95. The molecule has 0 aromatic heterocycles. The predicted octanol–water partition coefficient (Wildman–Crippen LogP) is 3.59. The van der Waals surface area contributed by atoms with Gasteiger partial charge >= 0.3 is 12.2 Å². The fourth-order valence-electron chi connectivity index (χ4n) is 3.74. The molecule has 0 aliphatic heterocycles. The van der Waals surface area contributed by atoms with Gasteiger partial charge in [0.15, 0.2) is 0 Å². The Hall–Kier alpha value is -1.46. The average Bonchev–Trinajstić information content (AvgIpc) is 2.79. The summed E-state index contributed by atoms with van der Waals surface area (Å²) in [5, 5.41) is 5.80. The monoisotopic (exact) mass is 340 g/mol. The highest BCUT2D eigenvalue weighted by Crippen LogP contribution is 2.45. The van der Waals surface area contributed by atoms with Gasteiger partial charge in [-0.25, -0.2) is 9.59 Å². The highest BCUT2D eigenvalue weighted by molar-refractivity contribution is 5.68. The van der Waals surface area contributed by atoms with Crippen LogP contribution < -0.4 is 10.6 Å². The summed E-state index contributed by atoms with van der Waals surface area (Å²) < 4.78 is 10.9. The number of rotatable bonds is 2. The molecule has 4 atom stereocenters. The smallest absolute Gasteiger partial charge is 0.407 e. The van der Waals surface area contributed by atoms with Gasteiger partial charge in [0.1, 0.15) is 11.7 Å². The molecule has 2 aliphatic rings. The zero-order chi connectivity index (χ0) is 18.1. The number of alkyl carbamates (subject to hydrolysis) is 2. The van der Waals surface area contributed by atoms with Gasteiger partial charge in [0.05, 0.1) is 0 Å². The lowest BCUT2D eigenvalue weighted by Crippen LogP contribution is -2.42. The van der Waals surface area contributed by atoms with E-state index in [1.807, 2.05) is 41.5 Å². The van der Waals surface area contributed by atoms with Crippen molar-refractivity contribution in [3.8, 4) is 0 Å². The van der Waals surface area contributed by atoms with Crippen molar-refractivity contribution < 1.29 is 19.1 Å². The first-order valence-corrected chi connectivity index (χ1v) is 8.89. The molecule has 0 bridgehead atoms. The van der Waals surface area contributed by atoms with Crippen molar-refractivity contribution in [2.24, 2.45) is 11.8 Å². The van der Waals surface area contributed by atoms with Gasteiger partial charge in [-0.05, 0) is 79.1 Å². The second-order valence-electron chi connectivity index (χ2n) is 9.21. The Morgan fingerprint density at radius 1 is 0.875 bits per heavy atom. The summed E-state index contributed by atoms with van der Waals surface area (Å²) in [5.41, 5.74) is -0.758. The number of fused-ring (bicyclic) bond motifs is 1. The zero-order valence-corrected chi connectivity index (χ0v) is 15.8. The number of carbonyl (C=O) groups excluding carboxylic acids is 2. The van der Waals surface area contributed by atoms with Crippen molar-refractivity contribution in [1.82, 2.24) is 10.6 Å². The topological polar surface area (TPSA) is 76.7 Å². The van der Waals surface area contributed by atoms with Crippen LogP contribution in [-0.2, 0) is 9.47 Å². The number of carbonyl (C=O) groups is 2. The molecule has 6 heteroatoms. The van der Waals surface area contributed by atoms with Crippen LogP contribution in [0.25, 0.3) is 0 Å². The van der Waals surface area contributed by atoms with Gasteiger partial charge in [-0.2, -0.15) is 0 Å². The van der Waals surface area contributed by atoms with Crippen LogP contribution in [0.5, 0.6) is 0 Å². The Balaban J connectivity index is 1.73. The Bertz CT molecular complexity index is 422. The molecule has 0 aromatic rings. The molecule has 2 rings (SSSR count). The van der Waals surface area contributed by atoms with E-state index in [1.165, 1.54) is 0 Å². The van der Waals surface area contributed by atoms with Crippen LogP contribution in [0, 0.1) is 11.8 Å². The first kappa shape index (κ1) is 18.9. The second-order valence-corrected chi connectivity index (χ2v) is 9.21. The Morgan fingerprint density at radius 3 is 1.88 bits per heavy atom. The minimum Gasteiger partial charge on any atom is -0.446 e. The van der Waals surface area contributed by atoms with E-state index in [2.05, 4.69) is 10.6 Å². The molecule has 0 saturated heterocycles. The molecule has 2 saturated carbocycles. The van der Waals surface area contributed by atoms with E-state index >= 15 is 0 Å². The first-order valence-electron chi connectivity index (χ1n) is 8.89. The number of hydrogen-bond donors (Lipinski definition) is 2. The minimum absolute atomic E-state index is 0.00942. The fourth-order valence-corrected chi connectivity index (χ4v) is 3.74. The maximum atomic E-state index is 11.9. The molecule has 2 amide bonds. The van der Waals surface area contributed by atoms with Crippen LogP contribution in [0.3, 0.4) is 0 Å². The van der Waals surface area contributed by atoms with Crippen molar-refractivity contribution in [2.75, 3.05) is 0 Å². The normalized spacial score (nSPS) is 29.8. The minimum atomic E-state index is -0.474. The third-order valence-electron chi connectivity index (χ3n) is 4.44. The molecule has 0 heterocycles. The van der Waals surface area contributed by atoms with E-state index in [0.717, 1.165) is 25.7 Å². The molecule has 6 nitrogen and oxygen atoms in total. The van der Waals surface area contributed by atoms with Crippen molar-refractivity contribution in [1.29, 1.82) is 0 Å². The molecule has 1 unspecified atom stereocenters. The predicted molar refractivity (Wildman–Crippen MR) is 91.8 cm³/mol. The quantitative estimate of drug-likeness (QED) is 0.805. The fraction of sp³-hybridized carbons (Fsp3) is 0.889. The summed E-state index contributed by atoms with van der Waals surface area (Å²) >= 11 is 0. The van der Waals surface area contributed by atoms with E-state index in [0.29, 0.717) is 11.8 Å². The van der Waals surface area contributed by atoms with Crippen LogP contribution in [0.15, 0.2) is 0 Å². The van der Waals surface area contributed by atoms with Crippen molar-refractivity contribution >= 4 is 12.2 Å². The Labute approximate surface area is 145 Å². The van der Waals surface area contributed by atoms with Gasteiger partial charge in [-0.15, -0.1) is 0 Å². The van der Waals surface area contributed by atoms with E-state index in [4.69, 9.17) is 9.47 Å². The van der Waals surface area contributed by atoms with Gasteiger partial charge in [0.2, 0.25) is 0 Å². The van der Waals surface area contributed by atoms with Gasteiger partial charge in [0, 0.05) is 11.6 Å². The maximum absolute atomic E-state index is 11.9. The number of amides is 2. The lowest BCUT2D eigenvalue weighted by atomic mass is 10.0. The molecule has 0 aromatic carbocycles. The van der Waals surface area contributed by atoms with Crippen LogP contribution in [0.1, 0.15) is 67.2 Å². The van der Waals surface area contributed by atoms with Gasteiger partial charge in [-0.1, -0.05) is 0 Å². The lowest BCUT2D eigenvalue weighted by molar-refractivity contribution is 0.0501. The molecule has 24 heavy (non-hydrogen) atoms. The van der Waals surface area contributed by atoms with E-state index in [9.17, 15) is 9.59 Å². The highest BCUT2D eigenvalue weighted by atomic mass is 16.6. The molecule has 138 valence electrons. The van der Waals surface area contributed by atoms with Crippen molar-refractivity contribution in [3.05, 3.63) is 0 Å². The van der Waals surface area contributed by atoms with E-state index in [-0.39, 0.29) is 29.9 Å². The van der Waals surface area contributed by atoms with Crippen LogP contribution in [0.4, 0.5) is 9.59 Å². The summed E-state index contributed by atoms with van der Waals surface area (Å²) in [6.45, 7) is 11.4. The molecular weight excluding hydrogens is 308 g/mol. The van der Waals surface area contributed by atoms with E-state index < -0.39 is 5.60 Å². The molecule has 2 fully saturated rings. The van der Waals surface area contributed by atoms with Crippen molar-refractivity contribution in [2.45, 2.75) is 90.5 Å². The zero-order valence-electron chi connectivity index (χ0n) is 15.8. The number of nitrogens with one attached hydrogen (secondary N) is 2. The summed E-state index contributed by atoms with van der Waals surface area (Å²) in [5.74, 6) is 1.02. The third-order valence-corrected chi connectivity index (χ3v) is 4.44. The number of hydrogen-bond acceptors (Lipinski definition) is 4. The first-order chi connectivity index (χ1) is 10.9.